The van der Waals surface area contributed by atoms with Crippen molar-refractivity contribution >= 4 is 5.91 Å². The first kappa shape index (κ1) is 6.52. The van der Waals surface area contributed by atoms with E-state index in [0.29, 0.717) is 5.92 Å². The Balaban J connectivity index is 1.92. The summed E-state index contributed by atoms with van der Waals surface area (Å²) in [6, 6.07) is 0. The highest BCUT2D eigenvalue weighted by molar-refractivity contribution is 5.88. The molecule has 1 aliphatic carbocycles. The lowest BCUT2D eigenvalue weighted by molar-refractivity contribution is -0.130. The molecule has 0 aromatic carbocycles. The van der Waals surface area contributed by atoms with Crippen LogP contribution in [0.15, 0.2) is 12.3 Å². The number of carbonyl (C=O) groups is 1. The average Bonchev–Trinajstić information content (AvgIpc) is 2.48. The number of hydrogen-bond acceptors (Lipinski definition) is 2. The highest BCUT2D eigenvalue weighted by atomic mass is 16.5. The quantitative estimate of drug-likeness (QED) is 0.565. The normalized spacial score (nSPS) is 48.5. The van der Waals surface area contributed by atoms with Crippen molar-refractivity contribution in [3.63, 3.8) is 0 Å². The summed E-state index contributed by atoms with van der Waals surface area (Å²) in [6.07, 6.45) is 6.00. The van der Waals surface area contributed by atoms with Gasteiger partial charge in [0.2, 0.25) is 5.91 Å². The molecule has 0 bridgehead atoms. The molecule has 2 heterocycles. The zero-order valence-electron chi connectivity index (χ0n) is 6.75. The summed E-state index contributed by atoms with van der Waals surface area (Å²) in [6.45, 7) is 0.837. The van der Waals surface area contributed by atoms with Gasteiger partial charge < -0.3 is 10.1 Å². The van der Waals surface area contributed by atoms with E-state index in [2.05, 4.69) is 5.32 Å². The number of carbonyl (C=O) groups excluding carboxylic acids is 1. The third kappa shape index (κ3) is 0.531. The lowest BCUT2D eigenvalue weighted by atomic mass is 9.92. The van der Waals surface area contributed by atoms with Crippen molar-refractivity contribution in [1.29, 1.82) is 0 Å². The highest BCUT2D eigenvalue weighted by Crippen LogP contribution is 2.62. The van der Waals surface area contributed by atoms with Gasteiger partial charge in [-0.05, 0) is 18.9 Å². The number of fused-ring (bicyclic) bond motifs is 3. The van der Waals surface area contributed by atoms with Crippen molar-refractivity contribution in [2.75, 3.05) is 6.54 Å². The molecule has 3 atom stereocenters. The standard InChI is InChI=1S/C9H11NO2/c11-8-9(3-1-4-10-8)6-2-5-12-7(6)9/h2,5-7H,1,3-4H2,(H,10,11)/t6-,7+,9+/m0/s1. The van der Waals surface area contributed by atoms with Gasteiger partial charge in [-0.1, -0.05) is 0 Å². The van der Waals surface area contributed by atoms with E-state index in [9.17, 15) is 4.79 Å². The minimum Gasteiger partial charge on any atom is -0.497 e. The van der Waals surface area contributed by atoms with E-state index >= 15 is 0 Å². The number of nitrogens with one attached hydrogen (secondary N) is 1. The molecule has 12 heavy (non-hydrogen) atoms. The predicted molar refractivity (Wildman–Crippen MR) is 42.2 cm³/mol. The molecule has 3 nitrogen and oxygen atoms in total. The van der Waals surface area contributed by atoms with Gasteiger partial charge in [0.15, 0.2) is 0 Å². The van der Waals surface area contributed by atoms with Gasteiger partial charge in [0.1, 0.15) is 6.10 Å². The molecule has 2 fully saturated rings. The lowest BCUT2D eigenvalue weighted by Crippen LogP contribution is -2.40. The van der Waals surface area contributed by atoms with Gasteiger partial charge in [-0.25, -0.2) is 0 Å². The molecule has 0 radical (unpaired) electrons. The number of rotatable bonds is 0. The Kier molecular flexibility index (Phi) is 1.000. The first-order valence-corrected chi connectivity index (χ1v) is 4.46. The van der Waals surface area contributed by atoms with Gasteiger partial charge in [-0.3, -0.25) is 4.79 Å². The number of ether oxygens (including phenoxy) is 1. The number of piperidine rings is 1. The van der Waals surface area contributed by atoms with E-state index in [1.165, 1.54) is 0 Å². The van der Waals surface area contributed by atoms with Crippen molar-refractivity contribution in [3.8, 4) is 0 Å². The zero-order chi connectivity index (χ0) is 8.18. The molecule has 0 aromatic rings. The summed E-state index contributed by atoms with van der Waals surface area (Å²) >= 11 is 0. The Hall–Kier alpha value is -0.990. The molecule has 3 heteroatoms. The van der Waals surface area contributed by atoms with Crippen molar-refractivity contribution in [2.45, 2.75) is 18.9 Å². The summed E-state index contributed by atoms with van der Waals surface area (Å²) in [7, 11) is 0. The van der Waals surface area contributed by atoms with Gasteiger partial charge in [0.05, 0.1) is 11.7 Å². The summed E-state index contributed by atoms with van der Waals surface area (Å²) in [5.74, 6) is 0.575. The van der Waals surface area contributed by atoms with E-state index in [0.717, 1.165) is 19.4 Å². The molecular formula is C9H11NO2. The topological polar surface area (TPSA) is 38.3 Å². The SMILES string of the molecule is O=C1NCCC[C@@]12[C@@H]1OC=C[C@@H]12. The van der Waals surface area contributed by atoms with Crippen LogP contribution in [0.5, 0.6) is 0 Å². The molecule has 1 saturated carbocycles. The van der Waals surface area contributed by atoms with Gasteiger partial charge in [0.25, 0.3) is 0 Å². The maximum atomic E-state index is 11.6. The average molecular weight is 165 g/mol. The fourth-order valence-corrected chi connectivity index (χ4v) is 2.58. The molecule has 64 valence electrons. The summed E-state index contributed by atoms with van der Waals surface area (Å²) in [5.41, 5.74) is -0.160. The zero-order valence-corrected chi connectivity index (χ0v) is 6.75. The Labute approximate surface area is 70.8 Å². The monoisotopic (exact) mass is 165 g/mol. The Morgan fingerprint density at radius 3 is 3.25 bits per heavy atom. The van der Waals surface area contributed by atoms with Crippen molar-refractivity contribution in [3.05, 3.63) is 12.3 Å². The molecule has 2 aliphatic heterocycles. The molecule has 1 saturated heterocycles. The summed E-state index contributed by atoms with van der Waals surface area (Å²) in [5, 5.41) is 2.91. The van der Waals surface area contributed by atoms with Gasteiger partial charge in [-0.15, -0.1) is 0 Å². The Morgan fingerprint density at radius 1 is 1.67 bits per heavy atom. The maximum absolute atomic E-state index is 11.6. The Morgan fingerprint density at radius 2 is 2.58 bits per heavy atom. The maximum Gasteiger partial charge on any atom is 0.230 e. The second kappa shape index (κ2) is 1.84. The minimum absolute atomic E-state index is 0.160. The first-order valence-electron chi connectivity index (χ1n) is 4.46. The van der Waals surface area contributed by atoms with Crippen LogP contribution in [0.3, 0.4) is 0 Å². The van der Waals surface area contributed by atoms with E-state index in [1.807, 2.05) is 6.08 Å². The van der Waals surface area contributed by atoms with Gasteiger partial charge in [-0.2, -0.15) is 0 Å². The van der Waals surface area contributed by atoms with Crippen LogP contribution in [-0.4, -0.2) is 18.6 Å². The van der Waals surface area contributed by atoms with Crippen LogP contribution in [0, 0.1) is 11.3 Å². The van der Waals surface area contributed by atoms with Crippen molar-refractivity contribution in [1.82, 2.24) is 5.32 Å². The van der Waals surface area contributed by atoms with Crippen LogP contribution in [0.2, 0.25) is 0 Å². The van der Waals surface area contributed by atoms with Crippen LogP contribution in [-0.2, 0) is 9.53 Å². The van der Waals surface area contributed by atoms with Crippen LogP contribution in [0.4, 0.5) is 0 Å². The number of hydrogen-bond donors (Lipinski definition) is 1. The van der Waals surface area contributed by atoms with Gasteiger partial charge >= 0.3 is 0 Å². The molecule has 3 aliphatic rings. The van der Waals surface area contributed by atoms with Crippen LogP contribution >= 0.6 is 0 Å². The van der Waals surface area contributed by atoms with E-state index in [-0.39, 0.29) is 17.4 Å². The fourth-order valence-electron chi connectivity index (χ4n) is 2.58. The molecule has 1 amide bonds. The molecule has 3 rings (SSSR count). The van der Waals surface area contributed by atoms with Crippen LogP contribution in [0.1, 0.15) is 12.8 Å². The second-order valence-electron chi connectivity index (χ2n) is 3.81. The van der Waals surface area contributed by atoms with E-state index < -0.39 is 0 Å². The van der Waals surface area contributed by atoms with Crippen molar-refractivity contribution in [2.24, 2.45) is 11.3 Å². The Bertz CT molecular complexity index is 274. The molecule has 1 N–H and O–H groups in total. The first-order chi connectivity index (χ1) is 5.86. The predicted octanol–water partition coefficient (Wildman–Crippen LogP) is 0.425. The highest BCUT2D eigenvalue weighted by Gasteiger charge is 2.72. The molecular weight excluding hydrogens is 154 g/mol. The molecule has 0 aromatic heterocycles. The van der Waals surface area contributed by atoms with Crippen LogP contribution < -0.4 is 5.32 Å². The fraction of sp³-hybridized carbons (Fsp3) is 0.667. The lowest BCUT2D eigenvalue weighted by Gasteiger charge is -2.23. The smallest absolute Gasteiger partial charge is 0.230 e. The minimum atomic E-state index is -0.160. The largest absolute Gasteiger partial charge is 0.497 e. The molecule has 0 unspecified atom stereocenters. The summed E-state index contributed by atoms with van der Waals surface area (Å²) in [4.78, 5) is 11.6. The van der Waals surface area contributed by atoms with E-state index in [1.54, 1.807) is 6.26 Å². The number of amides is 1. The molecule has 1 spiro atoms. The summed E-state index contributed by atoms with van der Waals surface area (Å²) < 4.78 is 5.35. The van der Waals surface area contributed by atoms with Crippen LogP contribution in [0.25, 0.3) is 0 Å². The van der Waals surface area contributed by atoms with Crippen molar-refractivity contribution < 1.29 is 9.53 Å². The van der Waals surface area contributed by atoms with Gasteiger partial charge in [0, 0.05) is 12.5 Å². The second-order valence-corrected chi connectivity index (χ2v) is 3.81. The third-order valence-corrected chi connectivity index (χ3v) is 3.31. The van der Waals surface area contributed by atoms with E-state index in [4.69, 9.17) is 4.74 Å². The third-order valence-electron chi connectivity index (χ3n) is 3.31.